The highest BCUT2D eigenvalue weighted by Gasteiger charge is 2.19. The molecule has 2 aromatic heterocycles. The SMILES string of the molecule is CC(=O)N1CCN(c2ccc(-c3cc4cc(c3)Nc3ncc(Cl)c(n3)Nc3cccc(c3)OCC4)cn2)CC1. The third-order valence-electron chi connectivity index (χ3n) is 6.88. The fraction of sp³-hybridized carbons (Fsp3) is 0.241. The molecule has 1 fully saturated rings. The number of carbonyl (C=O) groups excluding carboxylic acids is 1. The number of anilines is 5. The van der Waals surface area contributed by atoms with Gasteiger partial charge in [-0.2, -0.15) is 4.98 Å². The third-order valence-corrected chi connectivity index (χ3v) is 7.16. The average molecular weight is 542 g/mol. The van der Waals surface area contributed by atoms with Crippen LogP contribution in [-0.4, -0.2) is 58.5 Å². The Morgan fingerprint density at radius 2 is 1.79 bits per heavy atom. The molecule has 6 bridgehead atoms. The molecule has 2 aromatic carbocycles. The van der Waals surface area contributed by atoms with Crippen LogP contribution in [0.25, 0.3) is 11.1 Å². The number of rotatable bonds is 2. The highest BCUT2D eigenvalue weighted by Crippen LogP contribution is 2.30. The van der Waals surface area contributed by atoms with E-state index in [1.807, 2.05) is 41.4 Å². The number of halogens is 1. The van der Waals surface area contributed by atoms with Gasteiger partial charge in [0.15, 0.2) is 5.82 Å². The van der Waals surface area contributed by atoms with Gasteiger partial charge in [0.25, 0.3) is 0 Å². The van der Waals surface area contributed by atoms with Gasteiger partial charge in [-0.3, -0.25) is 4.79 Å². The summed E-state index contributed by atoms with van der Waals surface area (Å²) in [6.45, 7) is 5.12. The van der Waals surface area contributed by atoms with Gasteiger partial charge in [-0.1, -0.05) is 23.7 Å². The molecule has 2 N–H and O–H groups in total. The van der Waals surface area contributed by atoms with Crippen molar-refractivity contribution in [3.05, 3.63) is 77.6 Å². The van der Waals surface area contributed by atoms with Crippen molar-refractivity contribution >= 4 is 46.5 Å². The minimum Gasteiger partial charge on any atom is -0.493 e. The predicted molar refractivity (Wildman–Crippen MR) is 153 cm³/mol. The summed E-state index contributed by atoms with van der Waals surface area (Å²) in [7, 11) is 0. The molecular formula is C29H28ClN7O2. The summed E-state index contributed by atoms with van der Waals surface area (Å²) in [6.07, 6.45) is 4.20. The van der Waals surface area contributed by atoms with Gasteiger partial charge in [-0.15, -0.1) is 0 Å². The number of hydrogen-bond donors (Lipinski definition) is 2. The van der Waals surface area contributed by atoms with Crippen molar-refractivity contribution in [2.75, 3.05) is 48.3 Å². The Morgan fingerprint density at radius 3 is 2.59 bits per heavy atom. The Labute approximate surface area is 231 Å². The second kappa shape index (κ2) is 10.8. The van der Waals surface area contributed by atoms with Gasteiger partial charge in [-0.05, 0) is 47.5 Å². The molecule has 0 aliphatic carbocycles. The van der Waals surface area contributed by atoms with E-state index in [0.29, 0.717) is 36.5 Å². The number of nitrogens with one attached hydrogen (secondary N) is 2. The summed E-state index contributed by atoms with van der Waals surface area (Å²) < 4.78 is 6.06. The van der Waals surface area contributed by atoms with Crippen molar-refractivity contribution in [3.63, 3.8) is 0 Å². The molecule has 198 valence electrons. The first-order valence-electron chi connectivity index (χ1n) is 12.9. The number of benzene rings is 2. The fourth-order valence-electron chi connectivity index (χ4n) is 4.80. The Bertz CT molecular complexity index is 1500. The van der Waals surface area contributed by atoms with Crippen LogP contribution in [-0.2, 0) is 11.2 Å². The van der Waals surface area contributed by atoms with E-state index < -0.39 is 0 Å². The van der Waals surface area contributed by atoms with Gasteiger partial charge >= 0.3 is 0 Å². The molecule has 0 radical (unpaired) electrons. The monoisotopic (exact) mass is 541 g/mol. The van der Waals surface area contributed by atoms with Crippen LogP contribution in [0.5, 0.6) is 5.75 Å². The molecule has 9 nitrogen and oxygen atoms in total. The van der Waals surface area contributed by atoms with Crippen LogP contribution >= 0.6 is 11.6 Å². The van der Waals surface area contributed by atoms with Crippen LogP contribution in [0.15, 0.2) is 67.0 Å². The van der Waals surface area contributed by atoms with Crippen molar-refractivity contribution in [2.24, 2.45) is 0 Å². The number of piperazine rings is 1. The number of hydrogen-bond acceptors (Lipinski definition) is 8. The summed E-state index contributed by atoms with van der Waals surface area (Å²) in [5, 5.41) is 7.01. The number of amides is 1. The molecule has 10 heteroatoms. The number of carbonyl (C=O) groups is 1. The van der Waals surface area contributed by atoms with Gasteiger partial charge in [0.05, 0.1) is 12.8 Å². The Hall–Kier alpha value is -4.37. The highest BCUT2D eigenvalue weighted by molar-refractivity contribution is 6.32. The van der Waals surface area contributed by atoms with Crippen molar-refractivity contribution in [1.29, 1.82) is 0 Å². The maximum Gasteiger partial charge on any atom is 0.229 e. The molecule has 0 saturated carbocycles. The molecule has 0 atom stereocenters. The second-order valence-electron chi connectivity index (χ2n) is 9.58. The number of nitrogens with zero attached hydrogens (tertiary/aromatic N) is 5. The molecule has 0 unspecified atom stereocenters. The molecule has 4 heterocycles. The zero-order valence-corrected chi connectivity index (χ0v) is 22.3. The summed E-state index contributed by atoms with van der Waals surface area (Å²) in [5.41, 5.74) is 4.82. The van der Waals surface area contributed by atoms with E-state index >= 15 is 0 Å². The molecule has 6 rings (SSSR count). The normalized spacial score (nSPS) is 14.9. The van der Waals surface area contributed by atoms with Crippen LogP contribution in [0.3, 0.4) is 0 Å². The van der Waals surface area contributed by atoms with Crippen molar-refractivity contribution < 1.29 is 9.53 Å². The molecule has 2 aliphatic heterocycles. The quantitative estimate of drug-likeness (QED) is 0.354. The summed E-state index contributed by atoms with van der Waals surface area (Å²) in [4.78, 5) is 29.5. The zero-order valence-electron chi connectivity index (χ0n) is 21.5. The topological polar surface area (TPSA) is 95.5 Å². The minimum atomic E-state index is 0.120. The largest absolute Gasteiger partial charge is 0.493 e. The minimum absolute atomic E-state index is 0.120. The molecule has 39 heavy (non-hydrogen) atoms. The van der Waals surface area contributed by atoms with E-state index in [-0.39, 0.29) is 5.91 Å². The van der Waals surface area contributed by atoms with Crippen LogP contribution in [0, 0.1) is 0 Å². The Balaban J connectivity index is 1.28. The lowest BCUT2D eigenvalue weighted by atomic mass is 10.0. The number of ether oxygens (including phenoxy) is 1. The molecular weight excluding hydrogens is 514 g/mol. The van der Waals surface area contributed by atoms with E-state index in [1.54, 1.807) is 13.1 Å². The number of fused-ring (bicyclic) bond motifs is 6. The molecule has 0 spiro atoms. The smallest absolute Gasteiger partial charge is 0.229 e. The number of aromatic nitrogens is 3. The first-order valence-corrected chi connectivity index (χ1v) is 13.3. The van der Waals surface area contributed by atoms with E-state index in [0.717, 1.165) is 59.1 Å². The first-order chi connectivity index (χ1) is 19.0. The highest BCUT2D eigenvalue weighted by atomic mass is 35.5. The molecule has 2 aliphatic rings. The summed E-state index contributed by atoms with van der Waals surface area (Å²) in [6, 6.07) is 18.1. The standard InChI is InChI=1S/C29H28ClN7O2/c1-19(38)36-8-10-37(11-9-36)27-6-5-21(17-31-27)22-13-20-7-12-39-25-4-2-3-23(16-25)33-28-26(30)18-32-29(35-28)34-24(14-20)15-22/h2-6,13-18H,7-12H2,1H3,(H2,32,33,34,35). The lowest BCUT2D eigenvalue weighted by Gasteiger charge is -2.34. The zero-order chi connectivity index (χ0) is 26.8. The average Bonchev–Trinajstić information content (AvgIpc) is 2.95. The molecule has 1 amide bonds. The van der Waals surface area contributed by atoms with E-state index in [1.165, 1.54) is 0 Å². The van der Waals surface area contributed by atoms with Crippen molar-refractivity contribution in [1.82, 2.24) is 19.9 Å². The van der Waals surface area contributed by atoms with Gasteiger partial charge in [0.2, 0.25) is 11.9 Å². The van der Waals surface area contributed by atoms with Crippen LogP contribution in [0.2, 0.25) is 5.02 Å². The predicted octanol–water partition coefficient (Wildman–Crippen LogP) is 5.28. The second-order valence-corrected chi connectivity index (χ2v) is 9.99. The third kappa shape index (κ3) is 5.73. The maximum absolute atomic E-state index is 11.6. The van der Waals surface area contributed by atoms with Gasteiger partial charge < -0.3 is 25.2 Å². The van der Waals surface area contributed by atoms with Gasteiger partial charge in [-0.25, -0.2) is 9.97 Å². The van der Waals surface area contributed by atoms with Crippen molar-refractivity contribution in [3.8, 4) is 16.9 Å². The van der Waals surface area contributed by atoms with Crippen LogP contribution < -0.4 is 20.3 Å². The Morgan fingerprint density at radius 1 is 0.923 bits per heavy atom. The summed E-state index contributed by atoms with van der Waals surface area (Å²) >= 11 is 6.38. The molecule has 1 saturated heterocycles. The van der Waals surface area contributed by atoms with Gasteiger partial charge in [0.1, 0.15) is 16.6 Å². The fourth-order valence-corrected chi connectivity index (χ4v) is 4.94. The molecule has 4 aromatic rings. The maximum atomic E-state index is 11.6. The van der Waals surface area contributed by atoms with E-state index in [4.69, 9.17) is 21.3 Å². The first kappa shape index (κ1) is 24.9. The lowest BCUT2D eigenvalue weighted by Crippen LogP contribution is -2.48. The van der Waals surface area contributed by atoms with E-state index in [2.05, 4.69) is 49.8 Å². The van der Waals surface area contributed by atoms with Gasteiger partial charge in [0, 0.05) is 68.7 Å². The van der Waals surface area contributed by atoms with Crippen molar-refractivity contribution in [2.45, 2.75) is 13.3 Å². The lowest BCUT2D eigenvalue weighted by molar-refractivity contribution is -0.129. The number of pyridine rings is 1. The summed E-state index contributed by atoms with van der Waals surface area (Å²) in [5.74, 6) is 2.74. The Kier molecular flexibility index (Phi) is 6.89. The van der Waals surface area contributed by atoms with Crippen LogP contribution in [0.1, 0.15) is 12.5 Å². The van der Waals surface area contributed by atoms with E-state index in [9.17, 15) is 4.79 Å². The van der Waals surface area contributed by atoms with Crippen LogP contribution in [0.4, 0.5) is 29.0 Å².